The van der Waals surface area contributed by atoms with Gasteiger partial charge in [0.25, 0.3) is 0 Å². The Morgan fingerprint density at radius 3 is 1.06 bits per heavy atom. The average molecular weight is 797 g/mol. The van der Waals surface area contributed by atoms with Crippen LogP contribution in [-0.4, -0.2) is 29.9 Å². The maximum Gasteiger partial charge on any atom is 0.199 e. The smallest absolute Gasteiger partial charge is 0.199 e. The maximum atomic E-state index is 6.29. The van der Waals surface area contributed by atoms with Gasteiger partial charge in [-0.25, -0.2) is 29.9 Å². The molecule has 0 amide bonds. The van der Waals surface area contributed by atoms with Crippen molar-refractivity contribution in [2.45, 2.75) is 11.8 Å². The van der Waals surface area contributed by atoms with Gasteiger partial charge in [-0.1, -0.05) is 146 Å². The molecule has 0 aliphatic heterocycles. The van der Waals surface area contributed by atoms with E-state index in [-0.39, 0.29) is 11.8 Å². The van der Waals surface area contributed by atoms with E-state index in [1.54, 1.807) is 0 Å². The van der Waals surface area contributed by atoms with Crippen LogP contribution in [0.15, 0.2) is 191 Å². The zero-order chi connectivity index (χ0) is 40.7. The van der Waals surface area contributed by atoms with Crippen molar-refractivity contribution in [3.63, 3.8) is 0 Å². The molecule has 2 bridgehead atoms. The van der Waals surface area contributed by atoms with E-state index in [1.165, 1.54) is 33.4 Å². The van der Waals surface area contributed by atoms with Gasteiger partial charge in [0.15, 0.2) is 46.5 Å². The van der Waals surface area contributed by atoms with Crippen LogP contribution in [0.3, 0.4) is 0 Å². The van der Waals surface area contributed by atoms with Crippen LogP contribution in [0.1, 0.15) is 45.2 Å². The zero-order valence-electron chi connectivity index (χ0n) is 33.0. The normalized spacial score (nSPS) is 14.8. The Morgan fingerprint density at radius 1 is 0.274 bits per heavy atom. The summed E-state index contributed by atoms with van der Waals surface area (Å²) in [5.41, 5.74) is 12.9. The van der Waals surface area contributed by atoms with E-state index in [0.717, 1.165) is 44.2 Å². The first-order chi connectivity index (χ1) is 30.7. The molecule has 0 spiro atoms. The van der Waals surface area contributed by atoms with Gasteiger partial charge in [-0.3, -0.25) is 0 Å². The fourth-order valence-electron chi connectivity index (χ4n) is 9.34. The van der Waals surface area contributed by atoms with Crippen LogP contribution in [0, 0.1) is 0 Å². The Hall–Kier alpha value is -8.36. The lowest BCUT2D eigenvalue weighted by Crippen LogP contribution is -2.27. The Bertz CT molecular complexity index is 3260. The van der Waals surface area contributed by atoms with E-state index in [0.29, 0.717) is 46.5 Å². The van der Waals surface area contributed by atoms with Crippen LogP contribution in [0.2, 0.25) is 0 Å². The van der Waals surface area contributed by atoms with Crippen LogP contribution < -0.4 is 0 Å². The minimum Gasteiger partial charge on any atom is -0.453 e. The first kappa shape index (κ1) is 34.5. The molecule has 4 heterocycles. The number of hydrogen-bond donors (Lipinski definition) is 0. The number of benzene rings is 7. The van der Waals surface area contributed by atoms with Gasteiger partial charge in [0, 0.05) is 44.9 Å². The van der Waals surface area contributed by atoms with Crippen molar-refractivity contribution in [2.75, 3.05) is 0 Å². The predicted molar refractivity (Wildman–Crippen MR) is 240 cm³/mol. The predicted octanol–water partition coefficient (Wildman–Crippen LogP) is 12.5. The van der Waals surface area contributed by atoms with Gasteiger partial charge in [0.05, 0.1) is 0 Å². The van der Waals surface area contributed by atoms with Crippen LogP contribution in [0.25, 0.3) is 90.7 Å². The number of fused-ring (bicyclic) bond motifs is 2. The Kier molecular flexibility index (Phi) is 7.56. The van der Waals surface area contributed by atoms with Crippen LogP contribution in [0.5, 0.6) is 0 Å². The molecule has 3 aliphatic carbocycles. The van der Waals surface area contributed by atoms with Crippen LogP contribution >= 0.6 is 0 Å². The van der Waals surface area contributed by atoms with Crippen molar-refractivity contribution in [3.05, 3.63) is 215 Å². The first-order valence-electron chi connectivity index (χ1n) is 20.7. The molecule has 290 valence electrons. The fourth-order valence-corrected chi connectivity index (χ4v) is 9.34. The van der Waals surface area contributed by atoms with Crippen molar-refractivity contribution in [2.24, 2.45) is 0 Å². The largest absolute Gasteiger partial charge is 0.453 e. The van der Waals surface area contributed by atoms with E-state index in [4.69, 9.17) is 38.7 Å². The topological polar surface area (TPSA) is 104 Å². The summed E-state index contributed by atoms with van der Waals surface area (Å²) in [6.45, 7) is 0. The summed E-state index contributed by atoms with van der Waals surface area (Å²) in [6.07, 6.45) is 0. The van der Waals surface area contributed by atoms with Crippen molar-refractivity contribution < 1.29 is 8.83 Å². The molecule has 7 aromatic carbocycles. The molecule has 14 rings (SSSR count). The SMILES string of the molecule is c1ccc(-c2nc(-c3ccc4c(c3)C3c5ccccc5C4c4cc(-c5nc(-c6ccccc6)nc(-c6cc7ccccc7o6)n5)ccc43)nc(-c3cc4ccccc4o3)n2)cc1. The molecule has 2 atom stereocenters. The van der Waals surface area contributed by atoms with E-state index >= 15 is 0 Å². The number of aromatic nitrogens is 6. The fraction of sp³-hybridized carbons (Fsp3) is 0.0370. The Morgan fingerprint density at radius 2 is 0.629 bits per heavy atom. The highest BCUT2D eigenvalue weighted by atomic mass is 16.3. The maximum absolute atomic E-state index is 6.29. The third-order valence-corrected chi connectivity index (χ3v) is 12.2. The lowest BCUT2D eigenvalue weighted by atomic mass is 9.61. The highest BCUT2D eigenvalue weighted by molar-refractivity contribution is 5.83. The van der Waals surface area contributed by atoms with Crippen LogP contribution in [0.4, 0.5) is 0 Å². The number of rotatable bonds is 6. The summed E-state index contributed by atoms with van der Waals surface area (Å²) in [5, 5.41) is 1.99. The van der Waals surface area contributed by atoms with Gasteiger partial charge in [-0.15, -0.1) is 0 Å². The third-order valence-electron chi connectivity index (χ3n) is 12.2. The molecular formula is C54H32N6O2. The summed E-state index contributed by atoms with van der Waals surface area (Å²) in [6, 6.07) is 62.2. The molecule has 62 heavy (non-hydrogen) atoms. The molecular weight excluding hydrogens is 765 g/mol. The van der Waals surface area contributed by atoms with Gasteiger partial charge in [-0.05, 0) is 69.8 Å². The molecule has 0 saturated heterocycles. The first-order valence-corrected chi connectivity index (χ1v) is 20.7. The molecule has 4 aromatic heterocycles. The molecule has 0 radical (unpaired) electrons. The van der Waals surface area contributed by atoms with Gasteiger partial charge < -0.3 is 8.83 Å². The highest BCUT2D eigenvalue weighted by Crippen LogP contribution is 2.56. The number of para-hydroxylation sites is 2. The Balaban J connectivity index is 0.942. The van der Waals surface area contributed by atoms with E-state index < -0.39 is 0 Å². The molecule has 0 N–H and O–H groups in total. The van der Waals surface area contributed by atoms with Gasteiger partial charge in [0.1, 0.15) is 11.2 Å². The molecule has 11 aromatic rings. The third kappa shape index (κ3) is 5.54. The molecule has 2 unspecified atom stereocenters. The summed E-state index contributed by atoms with van der Waals surface area (Å²) >= 11 is 0. The lowest BCUT2D eigenvalue weighted by molar-refractivity contribution is 0.624. The lowest BCUT2D eigenvalue weighted by Gasteiger charge is -2.42. The summed E-state index contributed by atoms with van der Waals surface area (Å²) in [7, 11) is 0. The summed E-state index contributed by atoms with van der Waals surface area (Å²) in [4.78, 5) is 30.2. The van der Waals surface area contributed by atoms with Gasteiger partial charge in [0.2, 0.25) is 0 Å². The van der Waals surface area contributed by atoms with Gasteiger partial charge in [-0.2, -0.15) is 0 Å². The summed E-state index contributed by atoms with van der Waals surface area (Å²) < 4.78 is 12.6. The highest BCUT2D eigenvalue weighted by Gasteiger charge is 2.41. The van der Waals surface area contributed by atoms with Crippen molar-refractivity contribution in [3.8, 4) is 68.7 Å². The minimum atomic E-state index is 0.00446. The second-order valence-electron chi connectivity index (χ2n) is 15.8. The second-order valence-corrected chi connectivity index (χ2v) is 15.8. The van der Waals surface area contributed by atoms with Crippen molar-refractivity contribution in [1.82, 2.24) is 29.9 Å². The number of hydrogen-bond acceptors (Lipinski definition) is 8. The van der Waals surface area contributed by atoms with E-state index in [2.05, 4.69) is 60.7 Å². The minimum absolute atomic E-state index is 0.00446. The molecule has 0 fully saturated rings. The summed E-state index contributed by atoms with van der Waals surface area (Å²) in [5.74, 6) is 4.54. The molecule has 0 saturated carbocycles. The van der Waals surface area contributed by atoms with E-state index in [9.17, 15) is 0 Å². The standard InChI is InChI=1S/C54H32N6O2/c1-3-13-31(14-4-1)49-55-51(59-53(57-49)45-29-33-17-7-11-21-43(33)61-45)35-23-25-39-41(27-35)47-37-19-9-10-20-38(37)48(39)42-28-36(24-26-40(42)47)52-56-50(32-15-5-2-6-16-32)58-54(60-52)46-30-34-18-8-12-22-44(34)62-46/h1-30,47-48H. The van der Waals surface area contributed by atoms with E-state index in [1.807, 2.05) is 121 Å². The second kappa shape index (κ2) is 13.6. The molecule has 8 nitrogen and oxygen atoms in total. The quantitative estimate of drug-likeness (QED) is 0.164. The average Bonchev–Trinajstić information content (AvgIpc) is 3.99. The molecule has 8 heteroatoms. The monoisotopic (exact) mass is 796 g/mol. The molecule has 3 aliphatic rings. The number of furan rings is 2. The van der Waals surface area contributed by atoms with Crippen molar-refractivity contribution in [1.29, 1.82) is 0 Å². The van der Waals surface area contributed by atoms with Crippen LogP contribution in [-0.2, 0) is 0 Å². The van der Waals surface area contributed by atoms with Crippen molar-refractivity contribution >= 4 is 21.9 Å². The Labute approximate surface area is 355 Å². The van der Waals surface area contributed by atoms with Gasteiger partial charge >= 0.3 is 0 Å². The number of nitrogens with zero attached hydrogens (tertiary/aromatic N) is 6. The zero-order valence-corrected chi connectivity index (χ0v) is 33.0.